The summed E-state index contributed by atoms with van der Waals surface area (Å²) in [5.74, 6) is 0. The molecular formula is C56H61BN2S. The van der Waals surface area contributed by atoms with Crippen LogP contribution in [0, 0.1) is 0 Å². The molecule has 1 aromatic heterocycles. The maximum Gasteiger partial charge on any atom is 0.211 e. The molecule has 1 N–H and O–H groups in total. The summed E-state index contributed by atoms with van der Waals surface area (Å²) in [5, 5.41) is 8.28. The van der Waals surface area contributed by atoms with Crippen LogP contribution in [0.1, 0.15) is 124 Å². The number of nitrogens with one attached hydrogen (secondary N) is 1. The van der Waals surface area contributed by atoms with E-state index in [1.165, 1.54) is 124 Å². The van der Waals surface area contributed by atoms with Gasteiger partial charge in [-0.2, -0.15) is 0 Å². The molecule has 1 aliphatic carbocycles. The zero-order valence-electron chi connectivity index (χ0n) is 37.8. The molecule has 6 aromatic carbocycles. The van der Waals surface area contributed by atoms with Crippen LogP contribution < -0.4 is 20.5 Å². The van der Waals surface area contributed by atoms with Gasteiger partial charge < -0.3 is 10.2 Å². The summed E-state index contributed by atoms with van der Waals surface area (Å²) in [6.45, 7) is 26.3. The summed E-state index contributed by atoms with van der Waals surface area (Å²) in [5.41, 5.74) is 17.7. The van der Waals surface area contributed by atoms with Crippen LogP contribution in [0.15, 0.2) is 109 Å². The molecule has 1 saturated carbocycles. The van der Waals surface area contributed by atoms with Crippen molar-refractivity contribution in [1.82, 2.24) is 0 Å². The second-order valence-corrected chi connectivity index (χ2v) is 23.0. The third kappa shape index (κ3) is 6.02. The van der Waals surface area contributed by atoms with Crippen molar-refractivity contribution in [1.29, 1.82) is 0 Å². The van der Waals surface area contributed by atoms with Crippen LogP contribution in [-0.2, 0) is 21.7 Å². The van der Waals surface area contributed by atoms with E-state index in [1.54, 1.807) is 0 Å². The van der Waals surface area contributed by atoms with Gasteiger partial charge in [-0.15, -0.1) is 11.3 Å². The minimum Gasteiger partial charge on any atom is -0.378 e. The Balaban J connectivity index is 1.34. The van der Waals surface area contributed by atoms with E-state index in [4.69, 9.17) is 0 Å². The second-order valence-electron chi connectivity index (χ2n) is 21.9. The molecule has 0 radical (unpaired) electrons. The van der Waals surface area contributed by atoms with Crippen LogP contribution in [0.2, 0.25) is 0 Å². The van der Waals surface area contributed by atoms with Gasteiger partial charge in [-0.25, -0.2) is 0 Å². The molecular weight excluding hydrogens is 744 g/mol. The van der Waals surface area contributed by atoms with Crippen molar-refractivity contribution >= 4 is 72.5 Å². The molecule has 0 amide bonds. The SMILES string of the molecule is CC(C)(C)c1ccc(N2c3cc4ccccc4c(-c4cc(C(C)(C)C)cc5c4NC4(C)CCCCC54C)c3Bc3sc4ccc(C(C)(C)C)cc4c32)c(-c2ccccc2)c1. The molecule has 2 nitrogen and oxygen atoms in total. The van der Waals surface area contributed by atoms with Crippen molar-refractivity contribution in [3.63, 3.8) is 0 Å². The molecule has 7 aromatic rings. The van der Waals surface area contributed by atoms with Crippen molar-refractivity contribution in [3.8, 4) is 22.3 Å². The van der Waals surface area contributed by atoms with Gasteiger partial charge in [-0.3, -0.25) is 0 Å². The molecule has 0 spiro atoms. The summed E-state index contributed by atoms with van der Waals surface area (Å²) in [7, 11) is 0.884. The largest absolute Gasteiger partial charge is 0.378 e. The lowest BCUT2D eigenvalue weighted by Gasteiger charge is -2.45. The van der Waals surface area contributed by atoms with E-state index in [0.717, 1.165) is 7.28 Å². The first-order valence-corrected chi connectivity index (χ1v) is 23.3. The fourth-order valence-corrected chi connectivity index (χ4v) is 12.0. The van der Waals surface area contributed by atoms with E-state index < -0.39 is 0 Å². The van der Waals surface area contributed by atoms with E-state index in [9.17, 15) is 0 Å². The van der Waals surface area contributed by atoms with Gasteiger partial charge in [0.15, 0.2) is 0 Å². The predicted octanol–water partition coefficient (Wildman–Crippen LogP) is 14.5. The zero-order chi connectivity index (χ0) is 42.1. The molecule has 3 heterocycles. The van der Waals surface area contributed by atoms with Crippen LogP contribution in [0.4, 0.5) is 22.7 Å². The smallest absolute Gasteiger partial charge is 0.211 e. The van der Waals surface area contributed by atoms with Crippen molar-refractivity contribution in [2.24, 2.45) is 0 Å². The number of anilines is 4. The van der Waals surface area contributed by atoms with Crippen LogP contribution in [-0.4, -0.2) is 12.8 Å². The van der Waals surface area contributed by atoms with Gasteiger partial charge in [-0.05, 0) is 127 Å². The standard InChI is InChI=1S/C56H61BN2S/c1-52(2,3)36-23-25-44(40(30-36)34-19-13-12-14-20-34)59-45-29-35-21-15-16-22-39(35)47(48(45)57-51-50(59)41-31-37(53(4,5)6)24-26-46(41)60-51)42-32-38(54(7,8)9)33-43-49(42)58-56(11)28-18-17-27-55(43,56)10/h12-16,19-26,29-33,57-58H,17-18,27-28H2,1-11H3. The third-order valence-electron chi connectivity index (χ3n) is 14.8. The van der Waals surface area contributed by atoms with E-state index in [-0.39, 0.29) is 27.2 Å². The summed E-state index contributed by atoms with van der Waals surface area (Å²) in [6.07, 6.45) is 4.96. The van der Waals surface area contributed by atoms with Gasteiger partial charge >= 0.3 is 0 Å². The van der Waals surface area contributed by atoms with Gasteiger partial charge in [-0.1, -0.05) is 155 Å². The van der Waals surface area contributed by atoms with Gasteiger partial charge in [0.2, 0.25) is 7.28 Å². The Morgan fingerprint density at radius 1 is 0.617 bits per heavy atom. The van der Waals surface area contributed by atoms with Crippen molar-refractivity contribution < 1.29 is 0 Å². The lowest BCUT2D eigenvalue weighted by atomic mass is 9.60. The van der Waals surface area contributed by atoms with E-state index in [0.29, 0.717) is 0 Å². The molecule has 10 rings (SSSR count). The first kappa shape index (κ1) is 39.3. The quantitative estimate of drug-likeness (QED) is 0.179. The maximum atomic E-state index is 4.31. The topological polar surface area (TPSA) is 15.3 Å². The average Bonchev–Trinajstić information content (AvgIpc) is 3.69. The molecule has 3 aliphatic rings. The molecule has 2 unspecified atom stereocenters. The Hall–Kier alpha value is -4.80. The second kappa shape index (κ2) is 13.4. The van der Waals surface area contributed by atoms with Crippen LogP contribution in [0.3, 0.4) is 0 Å². The Morgan fingerprint density at radius 2 is 1.27 bits per heavy atom. The van der Waals surface area contributed by atoms with Gasteiger partial charge in [0.05, 0.1) is 11.4 Å². The predicted molar refractivity (Wildman–Crippen MR) is 265 cm³/mol. The molecule has 2 aliphatic heterocycles. The summed E-state index contributed by atoms with van der Waals surface area (Å²) in [6, 6.07) is 42.6. The lowest BCUT2D eigenvalue weighted by molar-refractivity contribution is 0.214. The fraction of sp³-hybridized carbons (Fsp3) is 0.357. The fourth-order valence-electron chi connectivity index (χ4n) is 10.9. The number of thiophene rings is 1. The van der Waals surface area contributed by atoms with E-state index in [1.807, 2.05) is 11.3 Å². The third-order valence-corrected chi connectivity index (χ3v) is 16.0. The Morgan fingerprint density at radius 3 is 2.00 bits per heavy atom. The number of rotatable bonds is 3. The maximum absolute atomic E-state index is 4.31. The first-order valence-electron chi connectivity index (χ1n) is 22.4. The highest BCUT2D eigenvalue weighted by Crippen LogP contribution is 2.59. The van der Waals surface area contributed by atoms with Crippen LogP contribution in [0.25, 0.3) is 43.1 Å². The number of benzene rings is 6. The Bertz CT molecular complexity index is 2860. The van der Waals surface area contributed by atoms with Crippen molar-refractivity contribution in [2.75, 3.05) is 10.2 Å². The van der Waals surface area contributed by atoms with Gasteiger partial charge in [0, 0.05) is 43.5 Å². The minimum absolute atomic E-state index is 0.00297. The molecule has 1 fully saturated rings. The average molecular weight is 805 g/mol. The Kier molecular flexibility index (Phi) is 8.76. The van der Waals surface area contributed by atoms with Crippen LogP contribution >= 0.6 is 11.3 Å². The molecule has 60 heavy (non-hydrogen) atoms. The van der Waals surface area contributed by atoms with E-state index in [2.05, 4.69) is 196 Å². The van der Waals surface area contributed by atoms with Gasteiger partial charge in [0.25, 0.3) is 0 Å². The number of nitrogens with zero attached hydrogens (tertiary/aromatic N) is 1. The first-order chi connectivity index (χ1) is 28.4. The van der Waals surface area contributed by atoms with E-state index >= 15 is 0 Å². The summed E-state index contributed by atoms with van der Waals surface area (Å²) >= 11 is 1.99. The Labute approximate surface area is 363 Å². The summed E-state index contributed by atoms with van der Waals surface area (Å²) in [4.78, 5) is 2.69. The number of fused-ring (bicyclic) bond motifs is 8. The van der Waals surface area contributed by atoms with Crippen molar-refractivity contribution in [3.05, 3.63) is 131 Å². The molecule has 304 valence electrons. The lowest BCUT2D eigenvalue weighted by Crippen LogP contribution is -2.50. The van der Waals surface area contributed by atoms with Crippen LogP contribution in [0.5, 0.6) is 0 Å². The number of hydrogen-bond donors (Lipinski definition) is 1. The molecule has 2 atom stereocenters. The molecule has 0 saturated heterocycles. The molecule has 4 heteroatoms. The monoisotopic (exact) mass is 804 g/mol. The highest BCUT2D eigenvalue weighted by atomic mass is 32.1. The highest BCUT2D eigenvalue weighted by Gasteiger charge is 2.54. The van der Waals surface area contributed by atoms with Gasteiger partial charge in [0.1, 0.15) is 0 Å². The zero-order valence-corrected chi connectivity index (χ0v) is 38.6. The normalized spacial score (nSPS) is 20.0. The van der Waals surface area contributed by atoms with Crippen molar-refractivity contribution in [2.45, 2.75) is 129 Å². The minimum atomic E-state index is -0.00667. The molecule has 0 bridgehead atoms. The summed E-state index contributed by atoms with van der Waals surface area (Å²) < 4.78 is 2.79. The highest BCUT2D eigenvalue weighted by molar-refractivity contribution is 7.29. The number of hydrogen-bond acceptors (Lipinski definition) is 3.